The Morgan fingerprint density at radius 3 is 1.18 bits per heavy atom. The molecule has 0 radical (unpaired) electrons. The molecule has 0 fully saturated rings. The molecule has 0 amide bonds. The van der Waals surface area contributed by atoms with Crippen molar-refractivity contribution in [2.75, 3.05) is 32.7 Å². The number of rotatable bonds is 11. The molecule has 0 saturated heterocycles. The van der Waals surface area contributed by atoms with E-state index in [4.69, 9.17) is 51.1 Å². The van der Waals surface area contributed by atoms with Crippen LogP contribution in [-0.2, 0) is 19.2 Å². The van der Waals surface area contributed by atoms with Gasteiger partial charge in [0.25, 0.3) is 12.9 Å². The summed E-state index contributed by atoms with van der Waals surface area (Å²) < 4.78 is 126. The quantitative estimate of drug-likeness (QED) is 0.0887. The minimum Gasteiger partial charge on any atom is -0.483 e. The minimum absolute atomic E-state index is 0. The Morgan fingerprint density at radius 2 is 0.977 bits per heavy atom. The molecule has 0 aromatic rings. The number of carbonyl (C=O) groups is 4. The van der Waals surface area contributed by atoms with Gasteiger partial charge in [0.15, 0.2) is 0 Å². The highest BCUT2D eigenvalue weighted by atomic mass is 19.5. The Hall–Kier alpha value is -3.12. The van der Waals surface area contributed by atoms with E-state index < -0.39 is 36.6 Å². The molecule has 0 saturated carbocycles. The second-order valence-electron chi connectivity index (χ2n) is 6.69. The lowest BCUT2D eigenvalue weighted by molar-refractivity contribution is -0.339. The smallest absolute Gasteiger partial charge is 0.483 e. The van der Waals surface area contributed by atoms with Gasteiger partial charge in [0.05, 0.1) is 0 Å². The fraction of sp³-hybridized carbons (Fsp3) is 0.800. The second-order valence-corrected chi connectivity index (χ2v) is 6.69. The monoisotopic (exact) mass is 690 g/mol. The van der Waals surface area contributed by atoms with Crippen LogP contribution in [0.25, 0.3) is 0 Å². The average Bonchev–Trinajstić information content (AvgIpc) is 2.82. The van der Waals surface area contributed by atoms with E-state index in [1.165, 1.54) is 12.8 Å². The van der Waals surface area contributed by atoms with Gasteiger partial charge in [-0.3, -0.25) is 9.59 Å². The van der Waals surface area contributed by atoms with Gasteiger partial charge < -0.3 is 42.5 Å². The highest BCUT2D eigenvalue weighted by Gasteiger charge is 2.58. The molecule has 0 aromatic heterocycles. The Kier molecular flexibility index (Phi) is 42.2. The number of alkyl halides is 12. The number of carboxylic acids is 2. The van der Waals surface area contributed by atoms with E-state index in [0.717, 1.165) is 45.6 Å². The van der Waals surface area contributed by atoms with Crippen LogP contribution in [0.5, 0.6) is 0 Å². The van der Waals surface area contributed by atoms with Crippen LogP contribution in [-0.4, -0.2) is 109 Å². The van der Waals surface area contributed by atoms with Crippen LogP contribution in [0.2, 0.25) is 0 Å². The zero-order valence-corrected chi connectivity index (χ0v) is 22.2. The summed E-state index contributed by atoms with van der Waals surface area (Å²) in [5.74, 6) is -5.51. The average molecular weight is 691 g/mol. The van der Waals surface area contributed by atoms with Crippen LogP contribution in [0.1, 0.15) is 40.0 Å². The van der Waals surface area contributed by atoms with Crippen molar-refractivity contribution in [2.24, 2.45) is 11.5 Å². The lowest BCUT2D eigenvalue weighted by Crippen LogP contribution is -2.33. The van der Waals surface area contributed by atoms with Crippen molar-refractivity contribution in [1.82, 2.24) is 10.6 Å². The van der Waals surface area contributed by atoms with Gasteiger partial charge in [0.2, 0.25) is 0 Å². The Morgan fingerprint density at radius 1 is 0.705 bits per heavy atom. The van der Waals surface area contributed by atoms with E-state index in [0.29, 0.717) is 6.04 Å². The normalized spacial score (nSPS) is 11.2. The third-order valence-corrected chi connectivity index (χ3v) is 3.34. The summed E-state index contributed by atoms with van der Waals surface area (Å²) in [6.45, 7) is 6.43. The summed E-state index contributed by atoms with van der Waals surface area (Å²) in [7, 11) is 0. The molecule has 12 nitrogen and oxygen atoms in total. The number of hydrogen-bond donors (Lipinski definition) is 8. The van der Waals surface area contributed by atoms with Gasteiger partial charge in [-0.15, -0.1) is 0 Å². The van der Waals surface area contributed by atoms with Crippen LogP contribution < -0.4 is 22.1 Å². The molecule has 0 aliphatic heterocycles. The highest BCUT2D eigenvalue weighted by Crippen LogP contribution is 2.35. The highest BCUT2D eigenvalue weighted by molar-refractivity contribution is 5.73. The predicted molar refractivity (Wildman–Crippen MR) is 131 cm³/mol. The molecule has 0 bridgehead atoms. The lowest BCUT2D eigenvalue weighted by Gasteiger charge is -2.16. The summed E-state index contributed by atoms with van der Waals surface area (Å²) >= 11 is 0. The largest absolute Gasteiger partial charge is 0.490 e. The number of hydrogen-bond acceptors (Lipinski definition) is 8. The van der Waals surface area contributed by atoms with Crippen molar-refractivity contribution < 1.29 is 92.3 Å². The first-order valence-corrected chi connectivity index (χ1v) is 11.1. The van der Waals surface area contributed by atoms with Crippen molar-refractivity contribution in [3.05, 3.63) is 0 Å². The molecule has 0 aromatic carbocycles. The minimum atomic E-state index is -6.06. The van der Waals surface area contributed by atoms with E-state index >= 15 is 0 Å². The topological polar surface area (TPSA) is 225 Å². The van der Waals surface area contributed by atoms with Gasteiger partial charge in [-0.1, -0.05) is 14.4 Å². The molecule has 1 atom stereocenters. The molecule has 0 rings (SSSR count). The van der Waals surface area contributed by atoms with Gasteiger partial charge in [-0.25, -0.2) is 9.59 Å². The number of nitrogens with two attached hydrogens (primary N) is 2. The third kappa shape index (κ3) is 54.9. The van der Waals surface area contributed by atoms with E-state index in [1.54, 1.807) is 0 Å². The summed E-state index contributed by atoms with van der Waals surface area (Å²) in [5.41, 5.74) is 10.9. The third-order valence-electron chi connectivity index (χ3n) is 3.34. The van der Waals surface area contributed by atoms with Crippen LogP contribution in [0.4, 0.5) is 52.7 Å². The maximum Gasteiger partial charge on any atom is 0.490 e. The summed E-state index contributed by atoms with van der Waals surface area (Å²) in [6.07, 6.45) is -17.8. The Balaban J connectivity index is -0.0000000813. The van der Waals surface area contributed by atoms with E-state index in [2.05, 4.69) is 17.6 Å². The molecule has 270 valence electrons. The number of halogens is 12. The van der Waals surface area contributed by atoms with E-state index in [-0.39, 0.29) is 20.4 Å². The van der Waals surface area contributed by atoms with Gasteiger partial charge in [0, 0.05) is 6.04 Å². The van der Waals surface area contributed by atoms with Crippen LogP contribution >= 0.6 is 0 Å². The molecule has 0 spiro atoms. The SMILES string of the molecule is C.CCC(CCNCCCN)NCCCN.FC(F)(F)C(F)(F)F.O=C(O)C(F)(F)F.O=C(O)C(F)(F)F.O=CO.O=CO. The Bertz CT molecular complexity index is 637. The van der Waals surface area contributed by atoms with Gasteiger partial charge in [-0.2, -0.15) is 52.7 Å². The van der Waals surface area contributed by atoms with Gasteiger partial charge in [0.1, 0.15) is 0 Å². The molecule has 0 aliphatic carbocycles. The van der Waals surface area contributed by atoms with Crippen molar-refractivity contribution >= 4 is 24.9 Å². The van der Waals surface area contributed by atoms with Crippen molar-refractivity contribution in [3.8, 4) is 0 Å². The Labute approximate surface area is 243 Å². The molecule has 24 heteroatoms. The molecule has 0 heterocycles. The number of aliphatic carboxylic acids is 2. The van der Waals surface area contributed by atoms with Gasteiger partial charge >= 0.3 is 36.6 Å². The first-order valence-electron chi connectivity index (χ1n) is 11.1. The maximum atomic E-state index is 10.6. The molecular formula is C20H38F12N4O8. The fourth-order valence-corrected chi connectivity index (χ4v) is 1.49. The summed E-state index contributed by atoms with van der Waals surface area (Å²) in [6, 6.07) is 0.627. The second kappa shape index (κ2) is 32.8. The van der Waals surface area contributed by atoms with Crippen LogP contribution in [0.3, 0.4) is 0 Å². The van der Waals surface area contributed by atoms with E-state index in [9.17, 15) is 52.7 Å². The molecule has 1 unspecified atom stereocenters. The predicted octanol–water partition coefficient (Wildman–Crippen LogP) is 3.45. The molecular weight excluding hydrogens is 652 g/mol. The van der Waals surface area contributed by atoms with Gasteiger partial charge in [-0.05, 0) is 58.4 Å². The zero-order chi connectivity index (χ0) is 35.9. The first kappa shape index (κ1) is 56.6. The first-order chi connectivity index (χ1) is 19.3. The summed E-state index contributed by atoms with van der Waals surface area (Å²) in [5, 5.41) is 34.9. The van der Waals surface area contributed by atoms with E-state index in [1.807, 2.05) is 0 Å². The van der Waals surface area contributed by atoms with Crippen molar-refractivity contribution in [1.29, 1.82) is 0 Å². The number of carboxylic acid groups (broad SMARTS) is 4. The molecule has 10 N–H and O–H groups in total. The van der Waals surface area contributed by atoms with Crippen molar-refractivity contribution in [2.45, 2.75) is 70.8 Å². The zero-order valence-electron chi connectivity index (χ0n) is 22.2. The fourth-order valence-electron chi connectivity index (χ4n) is 1.49. The maximum absolute atomic E-state index is 10.6. The van der Waals surface area contributed by atoms with Crippen LogP contribution in [0, 0.1) is 0 Å². The van der Waals surface area contributed by atoms with Crippen molar-refractivity contribution in [3.63, 3.8) is 0 Å². The molecule has 44 heavy (non-hydrogen) atoms. The molecule has 0 aliphatic rings. The summed E-state index contributed by atoms with van der Waals surface area (Å²) in [4.78, 5) is 34.5. The standard InChI is InChI=1S/C11H28N4.C2F6.2C2HF3O2.2CH2O2.CH4/c1-2-11(15-9-4-7-13)5-10-14-8-3-6-12;3-1(4,5)2(6,7)8;2*3-2(4,5)1(6)7;2*2-1-3;/h11,14-15H,2-10,12-13H2,1H3;;2*(H,6,7);2*1H,(H,2,3);1H4. The van der Waals surface area contributed by atoms with Crippen LogP contribution in [0.15, 0.2) is 0 Å². The number of nitrogens with one attached hydrogen (secondary N) is 2. The lowest BCUT2D eigenvalue weighted by atomic mass is 10.1.